The molecule has 7 heteroatoms. The summed E-state index contributed by atoms with van der Waals surface area (Å²) in [5, 5.41) is 3.86. The largest absolute Gasteiger partial charge is 0.451 e. The van der Waals surface area contributed by atoms with Crippen LogP contribution in [0.3, 0.4) is 0 Å². The molecule has 5 heterocycles. The second-order valence-corrected chi connectivity index (χ2v) is 8.04. The lowest BCUT2D eigenvalue weighted by Gasteiger charge is -2.30. The van der Waals surface area contributed by atoms with Crippen LogP contribution in [-0.4, -0.2) is 65.4 Å². The van der Waals surface area contributed by atoms with E-state index in [9.17, 15) is 9.59 Å². The van der Waals surface area contributed by atoms with Crippen LogP contribution in [0.4, 0.5) is 0 Å². The maximum atomic E-state index is 12.6. The van der Waals surface area contributed by atoms with Crippen molar-refractivity contribution in [2.24, 2.45) is 5.92 Å². The Morgan fingerprint density at radius 1 is 1.15 bits per heavy atom. The molecular formula is C20H24N4O3. The Morgan fingerprint density at radius 2 is 2.00 bits per heavy atom. The van der Waals surface area contributed by atoms with Gasteiger partial charge in [0.05, 0.1) is 0 Å². The van der Waals surface area contributed by atoms with Crippen molar-refractivity contribution >= 4 is 22.8 Å². The van der Waals surface area contributed by atoms with Gasteiger partial charge in [0, 0.05) is 49.9 Å². The number of hydrogen-bond acceptors (Lipinski definition) is 5. The van der Waals surface area contributed by atoms with E-state index in [2.05, 4.69) is 15.2 Å². The molecule has 3 aliphatic rings. The predicted octanol–water partition coefficient (Wildman–Crippen LogP) is 1.89. The number of carbonyl (C=O) groups is 2. The number of nitrogens with one attached hydrogen (secondary N) is 1. The zero-order valence-electron chi connectivity index (χ0n) is 15.3. The average Bonchev–Trinajstić information content (AvgIpc) is 3.40. The van der Waals surface area contributed by atoms with E-state index in [-0.39, 0.29) is 17.9 Å². The normalized spacial score (nSPS) is 27.3. The minimum Gasteiger partial charge on any atom is -0.451 e. The summed E-state index contributed by atoms with van der Waals surface area (Å²) >= 11 is 0. The first-order valence-corrected chi connectivity index (χ1v) is 9.88. The van der Waals surface area contributed by atoms with Gasteiger partial charge in [0.15, 0.2) is 5.76 Å². The van der Waals surface area contributed by atoms with E-state index in [0.29, 0.717) is 23.0 Å². The Labute approximate surface area is 157 Å². The average molecular weight is 368 g/mol. The maximum Gasteiger partial charge on any atom is 0.289 e. The molecule has 7 nitrogen and oxygen atoms in total. The number of fused-ring (bicyclic) bond motifs is 3. The molecule has 0 aliphatic carbocycles. The SMILES string of the molecule is O=C(N[C@@H]1C[C@H]2CCN(C2)C1)c1cc2oc(C(=O)N3CCCC3)cc2cn1. The zero-order chi connectivity index (χ0) is 18.4. The van der Waals surface area contributed by atoms with Crippen molar-refractivity contribution in [2.45, 2.75) is 31.7 Å². The number of aromatic nitrogens is 1. The molecule has 0 spiro atoms. The number of nitrogens with zero attached hydrogens (tertiary/aromatic N) is 3. The summed E-state index contributed by atoms with van der Waals surface area (Å²) in [6.45, 7) is 4.78. The lowest BCUT2D eigenvalue weighted by molar-refractivity contribution is 0.0763. The summed E-state index contributed by atoms with van der Waals surface area (Å²) in [7, 11) is 0. The summed E-state index contributed by atoms with van der Waals surface area (Å²) in [6.07, 6.45) is 5.97. The molecule has 0 radical (unpaired) electrons. The Hall–Kier alpha value is -2.41. The van der Waals surface area contributed by atoms with Crippen molar-refractivity contribution in [3.8, 4) is 0 Å². The van der Waals surface area contributed by atoms with E-state index in [4.69, 9.17) is 4.42 Å². The summed E-state index contributed by atoms with van der Waals surface area (Å²) < 4.78 is 5.75. The third-order valence-electron chi connectivity index (χ3n) is 6.04. The van der Waals surface area contributed by atoms with Gasteiger partial charge in [-0.1, -0.05) is 0 Å². The van der Waals surface area contributed by atoms with Gasteiger partial charge in [-0.05, 0) is 44.2 Å². The van der Waals surface area contributed by atoms with E-state index in [0.717, 1.165) is 57.4 Å². The first kappa shape index (κ1) is 16.7. The molecule has 5 rings (SSSR count). The van der Waals surface area contributed by atoms with Crippen molar-refractivity contribution in [3.05, 3.63) is 29.8 Å². The fraction of sp³-hybridized carbons (Fsp3) is 0.550. The van der Waals surface area contributed by atoms with Gasteiger partial charge in [-0.2, -0.15) is 0 Å². The third-order valence-corrected chi connectivity index (χ3v) is 6.04. The summed E-state index contributed by atoms with van der Waals surface area (Å²) in [6, 6.07) is 3.54. The molecule has 1 N–H and O–H groups in total. The number of rotatable bonds is 3. The molecule has 142 valence electrons. The van der Waals surface area contributed by atoms with Crippen LogP contribution in [0.15, 0.2) is 22.7 Å². The van der Waals surface area contributed by atoms with E-state index in [1.165, 1.54) is 6.42 Å². The third kappa shape index (κ3) is 3.20. The first-order chi connectivity index (χ1) is 13.2. The van der Waals surface area contributed by atoms with E-state index in [1.54, 1.807) is 18.3 Å². The van der Waals surface area contributed by atoms with Crippen molar-refractivity contribution < 1.29 is 14.0 Å². The molecule has 27 heavy (non-hydrogen) atoms. The smallest absolute Gasteiger partial charge is 0.289 e. The van der Waals surface area contributed by atoms with Crippen LogP contribution in [0.1, 0.15) is 46.7 Å². The van der Waals surface area contributed by atoms with Gasteiger partial charge in [0.25, 0.3) is 11.8 Å². The fourth-order valence-corrected chi connectivity index (χ4v) is 4.66. The highest BCUT2D eigenvalue weighted by atomic mass is 16.3. The molecular weight excluding hydrogens is 344 g/mol. The highest BCUT2D eigenvalue weighted by molar-refractivity contribution is 5.98. The topological polar surface area (TPSA) is 78.7 Å². The van der Waals surface area contributed by atoms with Crippen molar-refractivity contribution in [2.75, 3.05) is 32.7 Å². The maximum absolute atomic E-state index is 12.6. The fourth-order valence-electron chi connectivity index (χ4n) is 4.66. The number of carbonyl (C=O) groups excluding carboxylic acids is 2. The van der Waals surface area contributed by atoms with E-state index < -0.39 is 0 Å². The Balaban J connectivity index is 1.31. The quantitative estimate of drug-likeness (QED) is 0.895. The second kappa shape index (κ2) is 6.64. The molecule has 2 bridgehead atoms. The molecule has 0 aromatic carbocycles. The number of amides is 2. The van der Waals surface area contributed by atoms with Crippen molar-refractivity contribution in [1.82, 2.24) is 20.1 Å². The highest BCUT2D eigenvalue weighted by Gasteiger charge is 2.33. The standard InChI is InChI=1S/C20H24N4O3/c25-19(22-15-7-13-3-6-23(11-13)12-15)16-9-17-14(10-21-16)8-18(27-17)20(26)24-4-1-2-5-24/h8-10,13,15H,1-7,11-12H2,(H,22,25)/t13-,15-/m1/s1. The van der Waals surface area contributed by atoms with Crippen LogP contribution in [-0.2, 0) is 0 Å². The molecule has 2 aromatic rings. The Kier molecular flexibility index (Phi) is 4.11. The summed E-state index contributed by atoms with van der Waals surface area (Å²) in [4.78, 5) is 33.6. The predicted molar refractivity (Wildman–Crippen MR) is 99.6 cm³/mol. The lowest BCUT2D eigenvalue weighted by atomic mass is 9.97. The van der Waals surface area contributed by atoms with Crippen LogP contribution in [0.2, 0.25) is 0 Å². The molecule has 0 saturated carbocycles. The lowest BCUT2D eigenvalue weighted by Crippen LogP contribution is -2.47. The van der Waals surface area contributed by atoms with Gasteiger partial charge in [0.2, 0.25) is 0 Å². The van der Waals surface area contributed by atoms with Crippen molar-refractivity contribution in [3.63, 3.8) is 0 Å². The molecule has 3 aliphatic heterocycles. The highest BCUT2D eigenvalue weighted by Crippen LogP contribution is 2.27. The van der Waals surface area contributed by atoms with Gasteiger partial charge >= 0.3 is 0 Å². The van der Waals surface area contributed by atoms with Crippen LogP contribution < -0.4 is 5.32 Å². The first-order valence-electron chi connectivity index (χ1n) is 9.88. The monoisotopic (exact) mass is 368 g/mol. The van der Waals surface area contributed by atoms with Gasteiger partial charge < -0.3 is 19.5 Å². The zero-order valence-corrected chi connectivity index (χ0v) is 15.3. The molecule has 1 unspecified atom stereocenters. The summed E-state index contributed by atoms with van der Waals surface area (Å²) in [5.74, 6) is 0.765. The van der Waals surface area contributed by atoms with Crippen LogP contribution in [0.5, 0.6) is 0 Å². The molecule has 3 atom stereocenters. The van der Waals surface area contributed by atoms with Gasteiger partial charge in [-0.15, -0.1) is 0 Å². The number of pyridine rings is 1. The van der Waals surface area contributed by atoms with E-state index in [1.807, 2.05) is 4.90 Å². The Morgan fingerprint density at radius 3 is 2.81 bits per heavy atom. The van der Waals surface area contributed by atoms with Gasteiger partial charge in [-0.25, -0.2) is 0 Å². The number of likely N-dealkylation sites (tertiary alicyclic amines) is 1. The van der Waals surface area contributed by atoms with Crippen LogP contribution in [0.25, 0.3) is 11.0 Å². The van der Waals surface area contributed by atoms with Gasteiger partial charge in [-0.3, -0.25) is 14.6 Å². The van der Waals surface area contributed by atoms with Gasteiger partial charge in [0.1, 0.15) is 11.3 Å². The number of furan rings is 1. The molecule has 3 saturated heterocycles. The van der Waals surface area contributed by atoms with Crippen LogP contribution in [0, 0.1) is 5.92 Å². The molecule has 2 amide bonds. The van der Waals surface area contributed by atoms with Crippen LogP contribution >= 0.6 is 0 Å². The summed E-state index contributed by atoms with van der Waals surface area (Å²) in [5.41, 5.74) is 0.870. The minimum atomic E-state index is -0.173. The number of piperidine rings is 1. The molecule has 2 aromatic heterocycles. The molecule has 3 fully saturated rings. The van der Waals surface area contributed by atoms with Crippen molar-refractivity contribution in [1.29, 1.82) is 0 Å². The second-order valence-electron chi connectivity index (χ2n) is 8.04. The van der Waals surface area contributed by atoms with E-state index >= 15 is 0 Å². The Bertz CT molecular complexity index is 874. The number of hydrogen-bond donors (Lipinski definition) is 1. The minimum absolute atomic E-state index is 0.0820.